The molecular weight excluding hydrogens is 352 g/mol. The minimum absolute atomic E-state index is 0.0423. The van der Waals surface area contributed by atoms with E-state index in [0.717, 1.165) is 49.6 Å². The second kappa shape index (κ2) is 9.36. The van der Waals surface area contributed by atoms with Crippen molar-refractivity contribution in [1.29, 1.82) is 0 Å². The SMILES string of the molecule is O=C(NCCCCNC(=O)NCC1CC2CCC1C2)NCC1CC2CCC1C2. The van der Waals surface area contributed by atoms with Gasteiger partial charge in [0.05, 0.1) is 0 Å². The number of fused-ring (bicyclic) bond motifs is 4. The van der Waals surface area contributed by atoms with Gasteiger partial charge in [0.2, 0.25) is 0 Å². The van der Waals surface area contributed by atoms with Gasteiger partial charge in [-0.3, -0.25) is 0 Å². The van der Waals surface area contributed by atoms with Crippen LogP contribution in [0.1, 0.15) is 64.2 Å². The van der Waals surface area contributed by atoms with Crippen molar-refractivity contribution in [1.82, 2.24) is 21.3 Å². The summed E-state index contributed by atoms with van der Waals surface area (Å²) < 4.78 is 0. The highest BCUT2D eigenvalue weighted by Crippen LogP contribution is 2.48. The van der Waals surface area contributed by atoms with Gasteiger partial charge in [-0.15, -0.1) is 0 Å². The molecule has 4 amide bonds. The van der Waals surface area contributed by atoms with Crippen molar-refractivity contribution in [2.45, 2.75) is 64.2 Å². The average molecular weight is 391 g/mol. The summed E-state index contributed by atoms with van der Waals surface area (Å²) >= 11 is 0. The van der Waals surface area contributed by atoms with Crippen LogP contribution in [0.3, 0.4) is 0 Å². The fraction of sp³-hybridized carbons (Fsp3) is 0.909. The lowest BCUT2D eigenvalue weighted by Crippen LogP contribution is -2.40. The number of hydrogen-bond acceptors (Lipinski definition) is 2. The van der Waals surface area contributed by atoms with E-state index in [2.05, 4.69) is 21.3 Å². The highest BCUT2D eigenvalue weighted by atomic mass is 16.2. The Morgan fingerprint density at radius 1 is 0.607 bits per heavy atom. The van der Waals surface area contributed by atoms with Crippen LogP contribution >= 0.6 is 0 Å². The lowest BCUT2D eigenvalue weighted by Gasteiger charge is -2.22. The van der Waals surface area contributed by atoms with Crippen LogP contribution in [0.25, 0.3) is 0 Å². The molecule has 4 bridgehead atoms. The molecule has 4 fully saturated rings. The Morgan fingerprint density at radius 3 is 1.43 bits per heavy atom. The second-order valence-electron chi connectivity index (χ2n) is 9.85. The number of urea groups is 2. The number of carbonyl (C=O) groups excluding carboxylic acids is 2. The van der Waals surface area contributed by atoms with Crippen molar-refractivity contribution >= 4 is 12.1 Å². The first kappa shape index (κ1) is 19.8. The fourth-order valence-electron chi connectivity index (χ4n) is 6.48. The van der Waals surface area contributed by atoms with Gasteiger partial charge in [-0.25, -0.2) is 9.59 Å². The molecule has 0 radical (unpaired) electrons. The Morgan fingerprint density at radius 2 is 1.07 bits per heavy atom. The van der Waals surface area contributed by atoms with Gasteiger partial charge in [0.25, 0.3) is 0 Å². The summed E-state index contributed by atoms with van der Waals surface area (Å²) in [5, 5.41) is 12.0. The van der Waals surface area contributed by atoms with E-state index in [9.17, 15) is 9.59 Å². The number of nitrogens with one attached hydrogen (secondary N) is 4. The first-order valence-corrected chi connectivity index (χ1v) is 11.7. The zero-order chi connectivity index (χ0) is 19.3. The van der Waals surface area contributed by atoms with Crippen molar-refractivity contribution in [2.75, 3.05) is 26.2 Å². The van der Waals surface area contributed by atoms with Crippen LogP contribution < -0.4 is 21.3 Å². The zero-order valence-electron chi connectivity index (χ0n) is 17.2. The maximum Gasteiger partial charge on any atom is 0.314 e. The third-order valence-corrected chi connectivity index (χ3v) is 7.99. The Kier molecular flexibility index (Phi) is 6.63. The molecule has 4 N–H and O–H groups in total. The summed E-state index contributed by atoms with van der Waals surface area (Å²) in [6.45, 7) is 2.99. The Bertz CT molecular complexity index is 507. The largest absolute Gasteiger partial charge is 0.338 e. The third-order valence-electron chi connectivity index (χ3n) is 7.99. The summed E-state index contributed by atoms with van der Waals surface area (Å²) in [4.78, 5) is 23.8. The smallest absolute Gasteiger partial charge is 0.314 e. The average Bonchev–Trinajstić information content (AvgIpc) is 3.48. The lowest BCUT2D eigenvalue weighted by atomic mass is 9.89. The minimum atomic E-state index is -0.0423. The molecule has 0 heterocycles. The van der Waals surface area contributed by atoms with Crippen LogP contribution in [0.2, 0.25) is 0 Å². The maximum absolute atomic E-state index is 11.9. The second-order valence-corrected chi connectivity index (χ2v) is 9.85. The predicted molar refractivity (Wildman–Crippen MR) is 110 cm³/mol. The van der Waals surface area contributed by atoms with Crippen molar-refractivity contribution in [3.8, 4) is 0 Å². The number of rotatable bonds is 9. The monoisotopic (exact) mass is 390 g/mol. The topological polar surface area (TPSA) is 82.3 Å². The van der Waals surface area contributed by atoms with E-state index in [0.29, 0.717) is 24.9 Å². The molecule has 4 saturated carbocycles. The van der Waals surface area contributed by atoms with Gasteiger partial charge in [-0.1, -0.05) is 12.8 Å². The van der Waals surface area contributed by atoms with Crippen molar-refractivity contribution in [2.24, 2.45) is 35.5 Å². The zero-order valence-corrected chi connectivity index (χ0v) is 17.2. The van der Waals surface area contributed by atoms with Crippen LogP contribution in [0, 0.1) is 35.5 Å². The molecule has 4 aliphatic rings. The number of hydrogen-bond donors (Lipinski definition) is 4. The molecule has 0 aromatic carbocycles. The number of carbonyl (C=O) groups is 2. The first-order chi connectivity index (χ1) is 13.7. The van der Waals surface area contributed by atoms with E-state index in [1.807, 2.05) is 0 Å². The van der Waals surface area contributed by atoms with E-state index < -0.39 is 0 Å². The van der Waals surface area contributed by atoms with E-state index in [-0.39, 0.29) is 12.1 Å². The number of amides is 4. The van der Waals surface area contributed by atoms with Crippen LogP contribution in [0.4, 0.5) is 9.59 Å². The molecule has 0 spiro atoms. The van der Waals surface area contributed by atoms with Crippen LogP contribution in [0.15, 0.2) is 0 Å². The third kappa shape index (κ3) is 5.12. The van der Waals surface area contributed by atoms with Gasteiger partial charge >= 0.3 is 12.1 Å². The van der Waals surface area contributed by atoms with E-state index in [4.69, 9.17) is 0 Å². The van der Waals surface area contributed by atoms with Gasteiger partial charge in [-0.05, 0) is 86.9 Å². The normalized spacial score (nSPS) is 35.1. The molecule has 4 rings (SSSR count). The highest BCUT2D eigenvalue weighted by molar-refractivity contribution is 5.74. The molecule has 0 aromatic heterocycles. The Labute approximate surface area is 169 Å². The van der Waals surface area contributed by atoms with E-state index >= 15 is 0 Å². The Balaban J connectivity index is 0.962. The molecule has 6 unspecified atom stereocenters. The van der Waals surface area contributed by atoms with Gasteiger partial charge in [0, 0.05) is 26.2 Å². The molecule has 4 aliphatic carbocycles. The van der Waals surface area contributed by atoms with Gasteiger partial charge < -0.3 is 21.3 Å². The molecule has 6 heteroatoms. The molecule has 0 aliphatic heterocycles. The standard InChI is InChI=1S/C22H38N4O2/c27-21(25-13-19-11-15-3-5-17(19)9-15)23-7-1-2-8-24-22(28)26-14-20-12-16-4-6-18(20)10-16/h15-20H,1-14H2,(H2,23,25,27)(H2,24,26,28). The predicted octanol–water partition coefficient (Wildman–Crippen LogP) is 3.24. The molecule has 0 saturated heterocycles. The lowest BCUT2D eigenvalue weighted by molar-refractivity contribution is 0.232. The first-order valence-electron chi connectivity index (χ1n) is 11.7. The highest BCUT2D eigenvalue weighted by Gasteiger charge is 2.40. The molecule has 6 nitrogen and oxygen atoms in total. The molecule has 6 atom stereocenters. The summed E-state index contributed by atoms with van der Waals surface area (Å²) in [5.41, 5.74) is 0. The van der Waals surface area contributed by atoms with Crippen molar-refractivity contribution in [3.05, 3.63) is 0 Å². The van der Waals surface area contributed by atoms with Crippen molar-refractivity contribution < 1.29 is 9.59 Å². The van der Waals surface area contributed by atoms with Crippen molar-refractivity contribution in [3.63, 3.8) is 0 Å². The van der Waals surface area contributed by atoms with Crippen LogP contribution in [-0.2, 0) is 0 Å². The van der Waals surface area contributed by atoms with E-state index in [1.54, 1.807) is 0 Å². The molecule has 0 aromatic rings. The summed E-state index contributed by atoms with van der Waals surface area (Å²) in [7, 11) is 0. The Hall–Kier alpha value is -1.46. The molecule has 28 heavy (non-hydrogen) atoms. The van der Waals surface area contributed by atoms with Crippen LogP contribution in [-0.4, -0.2) is 38.2 Å². The van der Waals surface area contributed by atoms with Gasteiger partial charge in [0.15, 0.2) is 0 Å². The van der Waals surface area contributed by atoms with Crippen LogP contribution in [0.5, 0.6) is 0 Å². The molecule has 158 valence electrons. The van der Waals surface area contributed by atoms with Gasteiger partial charge in [-0.2, -0.15) is 0 Å². The molecular formula is C22H38N4O2. The maximum atomic E-state index is 11.9. The summed E-state index contributed by atoms with van der Waals surface area (Å²) in [6.07, 6.45) is 12.7. The van der Waals surface area contributed by atoms with E-state index in [1.165, 1.54) is 51.4 Å². The summed E-state index contributed by atoms with van der Waals surface area (Å²) in [6, 6.07) is -0.0846. The number of unbranched alkanes of at least 4 members (excludes halogenated alkanes) is 1. The minimum Gasteiger partial charge on any atom is -0.338 e. The van der Waals surface area contributed by atoms with Gasteiger partial charge in [0.1, 0.15) is 0 Å². The summed E-state index contributed by atoms with van der Waals surface area (Å²) in [5.74, 6) is 4.96. The fourth-order valence-corrected chi connectivity index (χ4v) is 6.48. The quantitative estimate of drug-likeness (QED) is 0.456.